The van der Waals surface area contributed by atoms with E-state index in [0.29, 0.717) is 5.69 Å². The van der Waals surface area contributed by atoms with Crippen LogP contribution in [0.1, 0.15) is 17.5 Å². The Labute approximate surface area is 190 Å². The van der Waals surface area contributed by atoms with Gasteiger partial charge in [0.1, 0.15) is 0 Å². The summed E-state index contributed by atoms with van der Waals surface area (Å²) < 4.78 is 0. The van der Waals surface area contributed by atoms with Crippen molar-refractivity contribution in [3.8, 4) is 0 Å². The molecule has 1 fully saturated rings. The predicted octanol–water partition coefficient (Wildman–Crippen LogP) is 5.65. The van der Waals surface area contributed by atoms with Crippen molar-refractivity contribution in [2.24, 2.45) is 4.99 Å². The van der Waals surface area contributed by atoms with E-state index in [0.717, 1.165) is 27.0 Å². The number of aromatic amines is 1. The van der Waals surface area contributed by atoms with Crippen molar-refractivity contribution in [1.82, 2.24) is 4.98 Å². The van der Waals surface area contributed by atoms with Gasteiger partial charge in [0, 0.05) is 29.2 Å². The minimum atomic E-state index is -0.428. The quantitative estimate of drug-likeness (QED) is 0.323. The highest BCUT2D eigenvalue weighted by molar-refractivity contribution is 8.00. The topological polar surface area (TPSA) is 65.5 Å². The molecule has 6 heteroatoms. The molecule has 1 aliphatic rings. The van der Waals surface area contributed by atoms with Gasteiger partial charge in [-0.1, -0.05) is 30.3 Å². The summed E-state index contributed by atoms with van der Waals surface area (Å²) in [4.78, 5) is 35.5. The van der Waals surface area contributed by atoms with Gasteiger partial charge in [0.2, 0.25) is 11.8 Å². The number of hydrogen-bond acceptors (Lipinski definition) is 4. The molecule has 2 heterocycles. The summed E-state index contributed by atoms with van der Waals surface area (Å²) >= 11 is 1.42. The normalized spacial score (nSPS) is 16.5. The highest BCUT2D eigenvalue weighted by Crippen LogP contribution is 2.35. The van der Waals surface area contributed by atoms with Gasteiger partial charge in [0.05, 0.1) is 16.6 Å². The van der Waals surface area contributed by atoms with E-state index in [4.69, 9.17) is 0 Å². The van der Waals surface area contributed by atoms with Crippen molar-refractivity contribution in [3.05, 3.63) is 90.1 Å². The predicted molar refractivity (Wildman–Crippen MR) is 130 cm³/mol. The molecular weight excluding hydrogens is 418 g/mol. The Bertz CT molecular complexity index is 1340. The lowest BCUT2D eigenvalue weighted by atomic mass is 10.1. The van der Waals surface area contributed by atoms with Gasteiger partial charge in [-0.25, -0.2) is 4.90 Å². The number of nitrogens with one attached hydrogen (secondary N) is 1. The highest BCUT2D eigenvalue weighted by atomic mass is 32.2. The minimum Gasteiger partial charge on any atom is -0.361 e. The van der Waals surface area contributed by atoms with Crippen LogP contribution in [0.3, 0.4) is 0 Å². The molecule has 5 nitrogen and oxygen atoms in total. The van der Waals surface area contributed by atoms with Crippen LogP contribution < -0.4 is 4.90 Å². The molecule has 5 rings (SSSR count). The van der Waals surface area contributed by atoms with E-state index >= 15 is 0 Å². The third-order valence-electron chi connectivity index (χ3n) is 5.56. The maximum Gasteiger partial charge on any atom is 0.247 e. The van der Waals surface area contributed by atoms with E-state index in [9.17, 15) is 9.59 Å². The zero-order valence-electron chi connectivity index (χ0n) is 17.5. The number of H-pyrrole nitrogens is 1. The zero-order chi connectivity index (χ0) is 22.1. The van der Waals surface area contributed by atoms with E-state index in [-0.39, 0.29) is 18.2 Å². The Kier molecular flexibility index (Phi) is 5.37. The number of carbonyl (C=O) groups excluding carboxylic acids is 2. The van der Waals surface area contributed by atoms with E-state index in [1.54, 1.807) is 0 Å². The first-order valence-corrected chi connectivity index (χ1v) is 11.3. The van der Waals surface area contributed by atoms with Crippen molar-refractivity contribution in [2.45, 2.75) is 23.5 Å². The molecule has 1 unspecified atom stereocenters. The molecule has 1 N–H and O–H groups in total. The number of aryl methyl sites for hydroxylation is 1. The summed E-state index contributed by atoms with van der Waals surface area (Å²) in [6.07, 6.45) is 3.89. The molecule has 3 aromatic carbocycles. The molecule has 1 atom stereocenters. The van der Waals surface area contributed by atoms with E-state index in [2.05, 4.69) is 23.0 Å². The van der Waals surface area contributed by atoms with E-state index in [1.807, 2.05) is 79.1 Å². The van der Waals surface area contributed by atoms with Crippen LogP contribution in [0.25, 0.3) is 10.9 Å². The molecule has 0 bridgehead atoms. The van der Waals surface area contributed by atoms with Crippen LogP contribution in [0.4, 0.5) is 11.4 Å². The molecule has 0 saturated carbocycles. The van der Waals surface area contributed by atoms with Gasteiger partial charge in [-0.15, -0.1) is 11.8 Å². The maximum absolute atomic E-state index is 13.0. The highest BCUT2D eigenvalue weighted by Gasteiger charge is 2.40. The Hall–Kier alpha value is -3.64. The number of imide groups is 1. The first-order valence-electron chi connectivity index (χ1n) is 10.4. The fourth-order valence-corrected chi connectivity index (χ4v) is 4.85. The molecule has 0 aliphatic carbocycles. The number of benzene rings is 3. The largest absolute Gasteiger partial charge is 0.361 e. The van der Waals surface area contributed by atoms with Crippen molar-refractivity contribution in [2.75, 3.05) is 4.90 Å². The molecule has 1 aromatic heterocycles. The van der Waals surface area contributed by atoms with Crippen LogP contribution in [0, 0.1) is 6.92 Å². The molecular formula is C26H21N3O2S. The first kappa shape index (κ1) is 20.3. The third-order valence-corrected chi connectivity index (χ3v) is 6.76. The molecule has 2 amide bonds. The van der Waals surface area contributed by atoms with Crippen LogP contribution in [0.15, 0.2) is 88.9 Å². The summed E-state index contributed by atoms with van der Waals surface area (Å²) in [6, 6.07) is 23.4. The lowest BCUT2D eigenvalue weighted by Gasteiger charge is -2.15. The Morgan fingerprint density at radius 3 is 2.66 bits per heavy atom. The van der Waals surface area contributed by atoms with Gasteiger partial charge in [0.25, 0.3) is 0 Å². The molecule has 4 aromatic rings. The van der Waals surface area contributed by atoms with E-state index in [1.165, 1.54) is 22.2 Å². The van der Waals surface area contributed by atoms with Crippen LogP contribution >= 0.6 is 11.8 Å². The second kappa shape index (κ2) is 8.48. The van der Waals surface area contributed by atoms with Gasteiger partial charge in [-0.2, -0.15) is 0 Å². The molecule has 158 valence electrons. The van der Waals surface area contributed by atoms with Crippen LogP contribution in [-0.4, -0.2) is 28.3 Å². The third kappa shape index (κ3) is 3.97. The van der Waals surface area contributed by atoms with Gasteiger partial charge in [-0.05, 0) is 65.9 Å². The minimum absolute atomic E-state index is 0.169. The lowest BCUT2D eigenvalue weighted by Crippen LogP contribution is -2.31. The zero-order valence-corrected chi connectivity index (χ0v) is 18.3. The monoisotopic (exact) mass is 439 g/mol. The first-order chi connectivity index (χ1) is 15.6. The van der Waals surface area contributed by atoms with Crippen LogP contribution in [0.5, 0.6) is 0 Å². The van der Waals surface area contributed by atoms with Gasteiger partial charge in [0.15, 0.2) is 0 Å². The fourth-order valence-electron chi connectivity index (χ4n) is 3.79. The summed E-state index contributed by atoms with van der Waals surface area (Å²) in [5.41, 5.74) is 4.61. The Balaban J connectivity index is 1.28. The van der Waals surface area contributed by atoms with Crippen molar-refractivity contribution in [3.63, 3.8) is 0 Å². The van der Waals surface area contributed by atoms with Crippen molar-refractivity contribution >= 4 is 52.1 Å². The second-order valence-corrected chi connectivity index (χ2v) is 9.01. The molecule has 0 radical (unpaired) electrons. The molecule has 1 saturated heterocycles. The number of hydrogen-bond donors (Lipinski definition) is 1. The number of carbonyl (C=O) groups is 2. The Morgan fingerprint density at radius 2 is 1.84 bits per heavy atom. The van der Waals surface area contributed by atoms with Crippen molar-refractivity contribution in [1.29, 1.82) is 0 Å². The standard InChI is InChI=1S/C26H21N3O2S/c1-17-4-2-3-5-19(17)16-28-20-7-10-22(11-8-20)32-24-15-25(30)29(26(24)31)21-9-6-18-12-13-27-23(18)14-21/h2-14,16,24,27H,15H2,1H3. The number of rotatable bonds is 5. The van der Waals surface area contributed by atoms with Crippen LogP contribution in [0.2, 0.25) is 0 Å². The average Bonchev–Trinajstić information content (AvgIpc) is 3.37. The summed E-state index contributed by atoms with van der Waals surface area (Å²) in [6.45, 7) is 2.06. The fraction of sp³-hybridized carbons (Fsp3) is 0.115. The summed E-state index contributed by atoms with van der Waals surface area (Å²) in [5.74, 6) is -0.342. The number of fused-ring (bicyclic) bond motifs is 1. The van der Waals surface area contributed by atoms with E-state index < -0.39 is 5.25 Å². The number of aromatic nitrogens is 1. The van der Waals surface area contributed by atoms with Gasteiger partial charge < -0.3 is 4.98 Å². The lowest BCUT2D eigenvalue weighted by molar-refractivity contribution is -0.121. The number of amides is 2. The summed E-state index contributed by atoms with van der Waals surface area (Å²) in [5, 5.41) is 0.618. The van der Waals surface area contributed by atoms with Crippen molar-refractivity contribution < 1.29 is 9.59 Å². The number of nitrogens with zero attached hydrogens (tertiary/aromatic N) is 2. The second-order valence-electron chi connectivity index (χ2n) is 7.74. The Morgan fingerprint density at radius 1 is 1.03 bits per heavy atom. The molecule has 32 heavy (non-hydrogen) atoms. The van der Waals surface area contributed by atoms with Gasteiger partial charge >= 0.3 is 0 Å². The SMILES string of the molecule is Cc1ccccc1C=Nc1ccc(SC2CC(=O)N(c3ccc4cc[nH]c4c3)C2=O)cc1. The van der Waals surface area contributed by atoms with Gasteiger partial charge in [-0.3, -0.25) is 14.6 Å². The smallest absolute Gasteiger partial charge is 0.247 e. The number of anilines is 1. The average molecular weight is 440 g/mol. The molecule has 1 aliphatic heterocycles. The number of thioether (sulfide) groups is 1. The maximum atomic E-state index is 13.0. The summed E-state index contributed by atoms with van der Waals surface area (Å²) in [7, 11) is 0. The molecule has 0 spiro atoms. The number of aliphatic imine (C=N–C) groups is 1. The van der Waals surface area contributed by atoms with Crippen LogP contribution in [-0.2, 0) is 9.59 Å².